The predicted octanol–water partition coefficient (Wildman–Crippen LogP) is 0.423. The van der Waals surface area contributed by atoms with E-state index in [9.17, 15) is 13.2 Å². The molecule has 0 aliphatic heterocycles. The number of hydrogen-bond donors (Lipinski definition) is 1. The van der Waals surface area contributed by atoms with Crippen molar-refractivity contribution in [2.24, 2.45) is 0 Å². The van der Waals surface area contributed by atoms with Gasteiger partial charge in [0.15, 0.2) is 0 Å². The van der Waals surface area contributed by atoms with Crippen LogP contribution in [0.4, 0.5) is 19.1 Å². The van der Waals surface area contributed by atoms with Gasteiger partial charge in [-0.15, -0.1) is 0 Å². The third kappa shape index (κ3) is 2.10. The Hall–Kier alpha value is -1.27. The minimum absolute atomic E-state index is 0.234. The summed E-state index contributed by atoms with van der Waals surface area (Å²) in [7, 11) is 0. The minimum atomic E-state index is -4.30. The maximum atomic E-state index is 11.7. The number of anilines is 1. The highest BCUT2D eigenvalue weighted by atomic mass is 19.4. The summed E-state index contributed by atoms with van der Waals surface area (Å²) in [6.07, 6.45) is -3.33. The van der Waals surface area contributed by atoms with Crippen LogP contribution in [0, 0.1) is 0 Å². The quantitative estimate of drug-likeness (QED) is 0.657. The van der Waals surface area contributed by atoms with Crippen LogP contribution < -0.4 is 5.73 Å². The fourth-order valence-corrected chi connectivity index (χ4v) is 0.565. The van der Waals surface area contributed by atoms with Gasteiger partial charge in [-0.1, -0.05) is 0 Å². The normalized spacial score (nSPS) is 11.9. The third-order valence-electron chi connectivity index (χ3n) is 0.975. The summed E-state index contributed by atoms with van der Waals surface area (Å²) >= 11 is 0. The lowest BCUT2D eigenvalue weighted by Gasteiger charge is -2.05. The molecule has 0 unspecified atom stereocenters. The number of halogens is 3. The van der Waals surface area contributed by atoms with E-state index >= 15 is 0 Å². The summed E-state index contributed by atoms with van der Waals surface area (Å²) in [5.74, 6) is -0.234. The van der Waals surface area contributed by atoms with Gasteiger partial charge < -0.3 is 5.73 Å². The van der Waals surface area contributed by atoms with Gasteiger partial charge in [-0.05, 0) is 0 Å². The van der Waals surface area contributed by atoms with Crippen LogP contribution in [0.2, 0.25) is 0 Å². The molecule has 1 aromatic heterocycles. The second kappa shape index (κ2) is 2.40. The Morgan fingerprint density at radius 1 is 1.55 bits per heavy atom. The zero-order valence-electron chi connectivity index (χ0n) is 5.34. The lowest BCUT2D eigenvalue weighted by atomic mass is 10.6. The van der Waals surface area contributed by atoms with Crippen molar-refractivity contribution in [1.29, 1.82) is 0 Å². The molecule has 1 heterocycles. The van der Waals surface area contributed by atoms with E-state index in [0.717, 1.165) is 6.33 Å². The lowest BCUT2D eigenvalue weighted by Crippen LogP contribution is -2.20. The fraction of sp³-hybridized carbons (Fsp3) is 0.500. The molecule has 1 aromatic rings. The van der Waals surface area contributed by atoms with Gasteiger partial charge in [-0.25, -0.2) is 9.67 Å². The Balaban J connectivity index is 2.72. The zero-order valence-corrected chi connectivity index (χ0v) is 5.34. The highest BCUT2D eigenvalue weighted by Gasteiger charge is 2.29. The molecule has 1 rings (SSSR count). The van der Waals surface area contributed by atoms with Gasteiger partial charge in [0.05, 0.1) is 0 Å². The highest BCUT2D eigenvalue weighted by molar-refractivity contribution is 5.12. The molecule has 62 valence electrons. The number of alkyl halides is 3. The molecule has 0 spiro atoms. The summed E-state index contributed by atoms with van der Waals surface area (Å²) in [4.78, 5) is 3.33. The van der Waals surface area contributed by atoms with Crippen LogP contribution in [0.1, 0.15) is 0 Å². The van der Waals surface area contributed by atoms with Gasteiger partial charge in [-0.2, -0.15) is 18.3 Å². The van der Waals surface area contributed by atoms with Gasteiger partial charge in [0, 0.05) is 0 Å². The molecule has 0 saturated heterocycles. The van der Waals surface area contributed by atoms with E-state index < -0.39 is 12.7 Å². The molecule has 11 heavy (non-hydrogen) atoms. The molecular weight excluding hydrogens is 161 g/mol. The molecule has 4 nitrogen and oxygen atoms in total. The number of aromatic nitrogens is 3. The van der Waals surface area contributed by atoms with Crippen molar-refractivity contribution in [3.63, 3.8) is 0 Å². The number of hydrogen-bond acceptors (Lipinski definition) is 3. The molecule has 0 radical (unpaired) electrons. The van der Waals surface area contributed by atoms with Crippen molar-refractivity contribution in [1.82, 2.24) is 14.8 Å². The van der Waals surface area contributed by atoms with Gasteiger partial charge in [0.1, 0.15) is 12.9 Å². The molecule has 0 atom stereocenters. The SMILES string of the molecule is Nc1ncnn1CC(F)(F)F. The van der Waals surface area contributed by atoms with E-state index in [1.807, 2.05) is 0 Å². The summed E-state index contributed by atoms with van der Waals surface area (Å²) in [5.41, 5.74) is 5.04. The predicted molar refractivity (Wildman–Crippen MR) is 30.5 cm³/mol. The molecule has 0 bridgehead atoms. The first kappa shape index (κ1) is 7.83. The van der Waals surface area contributed by atoms with Crippen LogP contribution in [0.5, 0.6) is 0 Å². The van der Waals surface area contributed by atoms with Gasteiger partial charge >= 0.3 is 6.18 Å². The summed E-state index contributed by atoms with van der Waals surface area (Å²) in [6, 6.07) is 0. The molecule has 0 saturated carbocycles. The Kier molecular flexibility index (Phi) is 1.71. The standard InChI is InChI=1S/C4H5F3N4/c5-4(6,7)1-11-3(8)9-2-10-11/h2H,1H2,(H2,8,9,10). The van der Waals surface area contributed by atoms with E-state index in [-0.39, 0.29) is 5.95 Å². The van der Waals surface area contributed by atoms with Gasteiger partial charge in [-0.3, -0.25) is 0 Å². The molecule has 7 heteroatoms. The van der Waals surface area contributed by atoms with Gasteiger partial charge in [0.25, 0.3) is 0 Å². The number of rotatable bonds is 1. The first-order chi connectivity index (χ1) is 4.99. The number of nitrogens with two attached hydrogens (primary N) is 1. The molecule has 2 N–H and O–H groups in total. The van der Waals surface area contributed by atoms with Crippen LogP contribution in [-0.2, 0) is 6.54 Å². The second-order valence-electron chi connectivity index (χ2n) is 1.89. The van der Waals surface area contributed by atoms with Crippen molar-refractivity contribution in [2.75, 3.05) is 5.73 Å². The number of nitrogens with zero attached hydrogens (tertiary/aromatic N) is 3. The second-order valence-corrected chi connectivity index (χ2v) is 1.89. The van der Waals surface area contributed by atoms with E-state index in [1.165, 1.54) is 0 Å². The van der Waals surface area contributed by atoms with Crippen LogP contribution in [0.3, 0.4) is 0 Å². The van der Waals surface area contributed by atoms with Crippen LogP contribution in [0.25, 0.3) is 0 Å². The van der Waals surface area contributed by atoms with E-state index in [1.54, 1.807) is 0 Å². The summed E-state index contributed by atoms with van der Waals surface area (Å²) < 4.78 is 35.5. The monoisotopic (exact) mass is 166 g/mol. The average molecular weight is 166 g/mol. The van der Waals surface area contributed by atoms with Crippen molar-refractivity contribution < 1.29 is 13.2 Å². The average Bonchev–Trinajstić information content (AvgIpc) is 2.12. The zero-order chi connectivity index (χ0) is 8.48. The van der Waals surface area contributed by atoms with Crippen molar-refractivity contribution in [2.45, 2.75) is 12.7 Å². The lowest BCUT2D eigenvalue weighted by molar-refractivity contribution is -0.142. The van der Waals surface area contributed by atoms with E-state index in [4.69, 9.17) is 5.73 Å². The van der Waals surface area contributed by atoms with Gasteiger partial charge in [0.2, 0.25) is 5.95 Å². The molecule has 0 aromatic carbocycles. The maximum absolute atomic E-state index is 11.7. The van der Waals surface area contributed by atoms with Crippen molar-refractivity contribution >= 4 is 5.95 Å². The Morgan fingerprint density at radius 2 is 2.18 bits per heavy atom. The minimum Gasteiger partial charge on any atom is -0.368 e. The summed E-state index contributed by atoms with van der Waals surface area (Å²) in [5, 5.41) is 3.26. The Labute approximate surface area is 59.8 Å². The van der Waals surface area contributed by atoms with E-state index in [0.29, 0.717) is 4.68 Å². The molecule has 0 aliphatic rings. The van der Waals surface area contributed by atoms with Crippen molar-refractivity contribution in [3.05, 3.63) is 6.33 Å². The molecule has 0 fully saturated rings. The first-order valence-corrected chi connectivity index (χ1v) is 2.69. The first-order valence-electron chi connectivity index (χ1n) is 2.69. The van der Waals surface area contributed by atoms with Crippen LogP contribution >= 0.6 is 0 Å². The molecular formula is C4H5F3N4. The van der Waals surface area contributed by atoms with Crippen LogP contribution in [-0.4, -0.2) is 20.9 Å². The largest absolute Gasteiger partial charge is 0.408 e. The Morgan fingerprint density at radius 3 is 2.55 bits per heavy atom. The Bertz CT molecular complexity index is 240. The number of nitrogen functional groups attached to an aromatic ring is 1. The van der Waals surface area contributed by atoms with Crippen molar-refractivity contribution in [3.8, 4) is 0 Å². The smallest absolute Gasteiger partial charge is 0.368 e. The molecule has 0 aliphatic carbocycles. The highest BCUT2D eigenvalue weighted by Crippen LogP contribution is 2.17. The van der Waals surface area contributed by atoms with Crippen LogP contribution in [0.15, 0.2) is 6.33 Å². The third-order valence-corrected chi connectivity index (χ3v) is 0.975. The topological polar surface area (TPSA) is 56.7 Å². The maximum Gasteiger partial charge on any atom is 0.408 e. The fourth-order valence-electron chi connectivity index (χ4n) is 0.565. The summed E-state index contributed by atoms with van der Waals surface area (Å²) in [6.45, 7) is -1.20. The van der Waals surface area contributed by atoms with E-state index in [2.05, 4.69) is 10.1 Å². The molecule has 0 amide bonds.